The van der Waals surface area contributed by atoms with E-state index in [1.54, 1.807) is 0 Å². The van der Waals surface area contributed by atoms with Crippen LogP contribution >= 0.6 is 11.3 Å². The fourth-order valence-electron chi connectivity index (χ4n) is 9.08. The molecular formula is C50H28N4OS. The molecule has 0 unspecified atom stereocenters. The van der Waals surface area contributed by atoms with E-state index in [9.17, 15) is 0 Å². The highest BCUT2D eigenvalue weighted by Gasteiger charge is 2.27. The molecule has 0 spiro atoms. The maximum Gasteiger partial charge on any atom is 0.235 e. The summed E-state index contributed by atoms with van der Waals surface area (Å²) in [7, 11) is 0. The maximum absolute atomic E-state index is 6.50. The standard InChI is InChI=1S/C50H28N4OS/c1-2-12-29(13-3-1)31-24-25-44-47-48(31)51-50(52-49(47)36-17-6-10-20-43(36)55-44)54-40-19-9-5-15-33(40)38-27-37-32-14-4-8-18-39(32)53(41(37)28-42(38)54)30-22-23-35-34-16-7-11-21-45(34)56-46(35)26-30/h1-28H. The fraction of sp³-hybridized carbons (Fsp3) is 0. The summed E-state index contributed by atoms with van der Waals surface area (Å²) in [5.74, 6) is 2.19. The molecule has 0 fully saturated rings. The molecular weight excluding hydrogens is 705 g/mol. The summed E-state index contributed by atoms with van der Waals surface area (Å²) >= 11 is 1.85. The minimum absolute atomic E-state index is 0.624. The van der Waals surface area contributed by atoms with Crippen LogP contribution in [-0.2, 0) is 0 Å². The molecule has 5 heterocycles. The highest BCUT2D eigenvalue weighted by molar-refractivity contribution is 7.25. The van der Waals surface area contributed by atoms with Gasteiger partial charge in [-0.25, -0.2) is 9.97 Å². The van der Waals surface area contributed by atoms with Crippen molar-refractivity contribution in [3.05, 3.63) is 170 Å². The second kappa shape index (κ2) is 11.1. The molecule has 12 aromatic rings. The van der Waals surface area contributed by atoms with E-state index in [0.717, 1.165) is 77.8 Å². The Morgan fingerprint density at radius 2 is 1.11 bits per heavy atom. The average molecular weight is 733 g/mol. The largest absolute Gasteiger partial charge is 0.456 e. The van der Waals surface area contributed by atoms with E-state index in [4.69, 9.17) is 14.7 Å². The number of fused-ring (bicyclic) bond motifs is 11. The summed E-state index contributed by atoms with van der Waals surface area (Å²) in [4.78, 5) is 11.0. The number of aromatic nitrogens is 4. The van der Waals surface area contributed by atoms with Gasteiger partial charge in [0.2, 0.25) is 5.95 Å². The zero-order chi connectivity index (χ0) is 36.5. The first-order chi connectivity index (χ1) is 27.8. The summed E-state index contributed by atoms with van der Waals surface area (Å²) in [6, 6.07) is 60.6. The Hall–Kier alpha value is -7.28. The van der Waals surface area contributed by atoms with Gasteiger partial charge in [0.15, 0.2) is 0 Å². The number of hydrogen-bond acceptors (Lipinski definition) is 4. The number of ether oxygens (including phenoxy) is 1. The lowest BCUT2D eigenvalue weighted by Crippen LogP contribution is -2.07. The molecule has 0 radical (unpaired) electrons. The fourth-order valence-corrected chi connectivity index (χ4v) is 10.2. The van der Waals surface area contributed by atoms with Crippen LogP contribution in [0.3, 0.4) is 0 Å². The highest BCUT2D eigenvalue weighted by Crippen LogP contribution is 2.48. The van der Waals surface area contributed by atoms with E-state index in [0.29, 0.717) is 5.95 Å². The van der Waals surface area contributed by atoms with E-state index in [1.807, 2.05) is 35.6 Å². The van der Waals surface area contributed by atoms with E-state index in [2.05, 4.69) is 155 Å². The zero-order valence-corrected chi connectivity index (χ0v) is 30.6. The SMILES string of the molecule is c1ccc(-c2ccc3c4c(nc(-n5c6ccccc6c6cc7c8ccccc8n(-c8ccc9c(c8)sc8ccccc89)c7cc65)nc24)-c2ccccc2O3)cc1. The summed E-state index contributed by atoms with van der Waals surface area (Å²) in [5, 5.41) is 8.28. The molecule has 0 saturated carbocycles. The first kappa shape index (κ1) is 30.1. The number of benzene rings is 8. The smallest absolute Gasteiger partial charge is 0.235 e. The molecule has 0 amide bonds. The van der Waals surface area contributed by atoms with Crippen LogP contribution in [0.2, 0.25) is 0 Å². The second-order valence-electron chi connectivity index (χ2n) is 14.5. The van der Waals surface area contributed by atoms with Crippen molar-refractivity contribution in [3.63, 3.8) is 0 Å². The van der Waals surface area contributed by atoms with Gasteiger partial charge in [-0.15, -0.1) is 11.3 Å². The van der Waals surface area contributed by atoms with Crippen LogP contribution in [0.15, 0.2) is 170 Å². The Kier molecular flexibility index (Phi) is 5.98. The van der Waals surface area contributed by atoms with Gasteiger partial charge in [-0.1, -0.05) is 103 Å². The van der Waals surface area contributed by atoms with Crippen LogP contribution in [0.5, 0.6) is 11.5 Å². The second-order valence-corrected chi connectivity index (χ2v) is 15.6. The van der Waals surface area contributed by atoms with Crippen molar-refractivity contribution in [1.82, 2.24) is 19.1 Å². The lowest BCUT2D eigenvalue weighted by Gasteiger charge is -2.22. The van der Waals surface area contributed by atoms with E-state index >= 15 is 0 Å². The Labute approximate surface area is 323 Å². The van der Waals surface area contributed by atoms with Crippen molar-refractivity contribution in [2.45, 2.75) is 0 Å². The molecule has 8 aromatic carbocycles. The van der Waals surface area contributed by atoms with E-state index in [-0.39, 0.29) is 0 Å². The van der Waals surface area contributed by atoms with Crippen LogP contribution in [-0.4, -0.2) is 19.1 Å². The monoisotopic (exact) mass is 732 g/mol. The molecule has 0 N–H and O–H groups in total. The number of hydrogen-bond donors (Lipinski definition) is 0. The zero-order valence-electron chi connectivity index (χ0n) is 29.8. The Balaban J connectivity index is 1.15. The van der Waals surface area contributed by atoms with Crippen molar-refractivity contribution in [3.8, 4) is 45.5 Å². The van der Waals surface area contributed by atoms with Crippen molar-refractivity contribution in [2.75, 3.05) is 0 Å². The lowest BCUT2D eigenvalue weighted by atomic mass is 9.96. The van der Waals surface area contributed by atoms with Gasteiger partial charge in [0.1, 0.15) is 11.5 Å². The van der Waals surface area contributed by atoms with Gasteiger partial charge in [-0.05, 0) is 72.3 Å². The minimum Gasteiger partial charge on any atom is -0.456 e. The van der Waals surface area contributed by atoms with Gasteiger partial charge in [-0.2, -0.15) is 0 Å². The molecule has 4 aromatic heterocycles. The Morgan fingerprint density at radius 3 is 1.95 bits per heavy atom. The first-order valence-electron chi connectivity index (χ1n) is 18.8. The highest BCUT2D eigenvalue weighted by atomic mass is 32.1. The maximum atomic E-state index is 6.50. The van der Waals surface area contributed by atoms with Crippen molar-refractivity contribution in [1.29, 1.82) is 0 Å². The summed E-state index contributed by atoms with van der Waals surface area (Å²) in [6.07, 6.45) is 0. The molecule has 5 nitrogen and oxygen atoms in total. The third-order valence-corrected chi connectivity index (χ3v) is 12.7. The van der Waals surface area contributed by atoms with Crippen LogP contribution in [0.1, 0.15) is 0 Å². The predicted octanol–water partition coefficient (Wildman–Crippen LogP) is 13.6. The van der Waals surface area contributed by atoms with Gasteiger partial charge >= 0.3 is 0 Å². The normalized spacial score (nSPS) is 12.4. The van der Waals surface area contributed by atoms with Crippen molar-refractivity contribution >= 4 is 86.0 Å². The predicted molar refractivity (Wildman–Crippen MR) is 232 cm³/mol. The quantitative estimate of drug-likeness (QED) is 0.182. The Bertz CT molecular complexity index is 3630. The van der Waals surface area contributed by atoms with Crippen LogP contribution in [0.25, 0.3) is 109 Å². The molecule has 6 heteroatoms. The molecule has 0 saturated heterocycles. The van der Waals surface area contributed by atoms with Gasteiger partial charge in [-0.3, -0.25) is 4.57 Å². The lowest BCUT2D eigenvalue weighted by molar-refractivity contribution is 0.486. The van der Waals surface area contributed by atoms with Crippen LogP contribution in [0, 0.1) is 0 Å². The topological polar surface area (TPSA) is 44.9 Å². The minimum atomic E-state index is 0.624. The molecule has 260 valence electrons. The van der Waals surface area contributed by atoms with Gasteiger partial charge in [0, 0.05) is 58.5 Å². The molecule has 1 aliphatic rings. The molecule has 0 atom stereocenters. The van der Waals surface area contributed by atoms with Crippen molar-refractivity contribution < 1.29 is 4.74 Å². The number of rotatable bonds is 3. The number of thiophene rings is 1. The van der Waals surface area contributed by atoms with Crippen molar-refractivity contribution in [2.24, 2.45) is 0 Å². The average Bonchev–Trinajstić information content (AvgIpc) is 3.90. The summed E-state index contributed by atoms with van der Waals surface area (Å²) in [5.41, 5.74) is 10.4. The Morgan fingerprint density at radius 1 is 0.429 bits per heavy atom. The third kappa shape index (κ3) is 4.08. The van der Waals surface area contributed by atoms with Gasteiger partial charge in [0.25, 0.3) is 0 Å². The van der Waals surface area contributed by atoms with Crippen LogP contribution in [0.4, 0.5) is 0 Å². The molecule has 13 rings (SSSR count). The number of para-hydroxylation sites is 3. The molecule has 1 aliphatic heterocycles. The summed E-state index contributed by atoms with van der Waals surface area (Å²) in [6.45, 7) is 0. The number of nitrogens with zero attached hydrogens (tertiary/aromatic N) is 4. The van der Waals surface area contributed by atoms with Crippen LogP contribution < -0.4 is 4.74 Å². The third-order valence-electron chi connectivity index (χ3n) is 11.5. The molecule has 0 aliphatic carbocycles. The van der Waals surface area contributed by atoms with Gasteiger partial charge < -0.3 is 9.30 Å². The first-order valence-corrected chi connectivity index (χ1v) is 19.6. The van der Waals surface area contributed by atoms with Gasteiger partial charge in [0.05, 0.1) is 38.7 Å². The van der Waals surface area contributed by atoms with E-state index < -0.39 is 0 Å². The van der Waals surface area contributed by atoms with E-state index in [1.165, 1.54) is 36.5 Å². The molecule has 0 bridgehead atoms. The molecule has 56 heavy (non-hydrogen) atoms. The summed E-state index contributed by atoms with van der Waals surface area (Å²) < 4.78 is 13.8.